The van der Waals surface area contributed by atoms with Crippen molar-refractivity contribution in [2.45, 2.75) is 25.4 Å². The lowest BCUT2D eigenvalue weighted by Gasteiger charge is -2.34. The van der Waals surface area contributed by atoms with Gasteiger partial charge in [-0.2, -0.15) is 0 Å². The number of unbranched alkanes of at least 4 members (excludes halogenated alkanes) is 2. The van der Waals surface area contributed by atoms with Gasteiger partial charge in [0.25, 0.3) is 5.91 Å². The van der Waals surface area contributed by atoms with Gasteiger partial charge in [-0.05, 0) is 44.6 Å². The number of amidine groups is 1. The summed E-state index contributed by atoms with van der Waals surface area (Å²) in [6.45, 7) is 1.64. The van der Waals surface area contributed by atoms with E-state index in [1.54, 1.807) is 18.2 Å². The van der Waals surface area contributed by atoms with E-state index >= 15 is 0 Å². The maximum Gasteiger partial charge on any atom is 0.272 e. The number of ether oxygens (including phenoxy) is 1. The van der Waals surface area contributed by atoms with E-state index in [0.717, 1.165) is 31.5 Å². The van der Waals surface area contributed by atoms with Crippen molar-refractivity contribution in [1.29, 1.82) is 5.41 Å². The van der Waals surface area contributed by atoms with Crippen LogP contribution in [-0.4, -0.2) is 31.9 Å². The van der Waals surface area contributed by atoms with Gasteiger partial charge in [-0.1, -0.05) is 36.8 Å². The standard InChI is InChI=1S/C21H26N4O2/c1-24-12-5-2-6-13-25-17-10-3-4-11-18(17)27-19(21(25)26)15-8-7-9-16(14-15)20(22)23/h3-4,7-11,14,19,24H,2,5-6,12-13H2,1H3,(H3,22,23). The lowest BCUT2D eigenvalue weighted by molar-refractivity contribution is -0.126. The molecule has 6 heteroatoms. The fourth-order valence-electron chi connectivity index (χ4n) is 3.28. The van der Waals surface area contributed by atoms with Gasteiger partial charge in [-0.15, -0.1) is 0 Å². The number of carbonyl (C=O) groups is 1. The predicted octanol–water partition coefficient (Wildman–Crippen LogP) is 2.83. The number of rotatable bonds is 8. The van der Waals surface area contributed by atoms with Crippen LogP contribution in [0.1, 0.15) is 36.5 Å². The molecule has 1 heterocycles. The molecule has 1 atom stereocenters. The largest absolute Gasteiger partial charge is 0.474 e. The van der Waals surface area contributed by atoms with Crippen LogP contribution in [0.2, 0.25) is 0 Å². The molecule has 0 radical (unpaired) electrons. The first kappa shape index (κ1) is 18.9. The number of carbonyl (C=O) groups excluding carboxylic acids is 1. The first-order valence-corrected chi connectivity index (χ1v) is 9.28. The van der Waals surface area contributed by atoms with Gasteiger partial charge in [0, 0.05) is 17.7 Å². The van der Waals surface area contributed by atoms with E-state index < -0.39 is 6.10 Å². The number of hydrogen-bond acceptors (Lipinski definition) is 4. The Hall–Kier alpha value is -2.86. The lowest BCUT2D eigenvalue weighted by atomic mass is 10.0. The molecule has 1 amide bonds. The van der Waals surface area contributed by atoms with Crippen LogP contribution in [0, 0.1) is 5.41 Å². The van der Waals surface area contributed by atoms with Crippen molar-refractivity contribution in [1.82, 2.24) is 5.32 Å². The molecule has 4 N–H and O–H groups in total. The molecule has 2 aromatic carbocycles. The summed E-state index contributed by atoms with van der Waals surface area (Å²) in [6.07, 6.45) is 2.34. The van der Waals surface area contributed by atoms with Gasteiger partial charge in [0.1, 0.15) is 11.6 Å². The Kier molecular flexibility index (Phi) is 6.08. The number of nitrogens with one attached hydrogen (secondary N) is 2. The van der Waals surface area contributed by atoms with Crippen LogP contribution >= 0.6 is 0 Å². The van der Waals surface area contributed by atoms with Crippen LogP contribution in [-0.2, 0) is 4.79 Å². The summed E-state index contributed by atoms with van der Waals surface area (Å²) in [4.78, 5) is 15.0. The number of para-hydroxylation sites is 2. The molecule has 0 aliphatic carbocycles. The van der Waals surface area contributed by atoms with Gasteiger partial charge in [-0.25, -0.2) is 0 Å². The second kappa shape index (κ2) is 8.68. The van der Waals surface area contributed by atoms with E-state index in [1.807, 2.05) is 42.3 Å². The number of nitrogens with zero attached hydrogens (tertiary/aromatic N) is 1. The summed E-state index contributed by atoms with van der Waals surface area (Å²) in [5.74, 6) is 0.593. The fourth-order valence-corrected chi connectivity index (χ4v) is 3.28. The van der Waals surface area contributed by atoms with E-state index in [2.05, 4.69) is 5.32 Å². The Morgan fingerprint density at radius 1 is 1.19 bits per heavy atom. The van der Waals surface area contributed by atoms with Crippen LogP contribution in [0.5, 0.6) is 5.75 Å². The van der Waals surface area contributed by atoms with Gasteiger partial charge >= 0.3 is 0 Å². The molecule has 2 aromatic rings. The van der Waals surface area contributed by atoms with Crippen molar-refractivity contribution in [2.24, 2.45) is 5.73 Å². The third-order valence-corrected chi connectivity index (χ3v) is 4.70. The summed E-state index contributed by atoms with van der Waals surface area (Å²) >= 11 is 0. The minimum atomic E-state index is -0.725. The monoisotopic (exact) mass is 366 g/mol. The predicted molar refractivity (Wildman–Crippen MR) is 107 cm³/mol. The summed E-state index contributed by atoms with van der Waals surface area (Å²) in [6, 6.07) is 14.8. The molecule has 1 aliphatic heterocycles. The Bertz CT molecular complexity index is 821. The highest BCUT2D eigenvalue weighted by Crippen LogP contribution is 2.38. The summed E-state index contributed by atoms with van der Waals surface area (Å²) in [5, 5.41) is 10.8. The number of amides is 1. The van der Waals surface area contributed by atoms with Gasteiger partial charge in [0.15, 0.2) is 0 Å². The number of benzene rings is 2. The third kappa shape index (κ3) is 4.28. The average Bonchev–Trinajstić information content (AvgIpc) is 2.69. The molecule has 3 rings (SSSR count). The average molecular weight is 366 g/mol. The minimum absolute atomic E-state index is 0.0260. The van der Waals surface area contributed by atoms with Crippen molar-refractivity contribution in [3.63, 3.8) is 0 Å². The van der Waals surface area contributed by atoms with Gasteiger partial charge in [0.05, 0.1) is 5.69 Å². The number of nitrogens with two attached hydrogens (primary N) is 1. The van der Waals surface area contributed by atoms with Crippen molar-refractivity contribution in [2.75, 3.05) is 25.0 Å². The maximum atomic E-state index is 13.2. The zero-order chi connectivity index (χ0) is 19.2. The molecule has 0 spiro atoms. The Labute approximate surface area is 159 Å². The van der Waals surface area contributed by atoms with E-state index in [1.165, 1.54) is 0 Å². The third-order valence-electron chi connectivity index (χ3n) is 4.70. The molecule has 27 heavy (non-hydrogen) atoms. The Morgan fingerprint density at radius 2 is 2.00 bits per heavy atom. The van der Waals surface area contributed by atoms with Crippen molar-refractivity contribution in [3.05, 3.63) is 59.7 Å². The quantitative estimate of drug-likeness (QED) is 0.381. The molecule has 142 valence electrons. The second-order valence-corrected chi connectivity index (χ2v) is 6.66. The molecule has 1 aliphatic rings. The number of nitrogen functional groups attached to an aromatic ring is 1. The topological polar surface area (TPSA) is 91.4 Å². The molecular formula is C21H26N4O2. The normalized spacial score (nSPS) is 16.0. The maximum absolute atomic E-state index is 13.2. The molecule has 0 bridgehead atoms. The lowest BCUT2D eigenvalue weighted by Crippen LogP contribution is -2.41. The van der Waals surface area contributed by atoms with E-state index in [9.17, 15) is 4.79 Å². The zero-order valence-electron chi connectivity index (χ0n) is 15.6. The number of anilines is 1. The Morgan fingerprint density at radius 3 is 2.78 bits per heavy atom. The van der Waals surface area contributed by atoms with Crippen LogP contribution in [0.3, 0.4) is 0 Å². The first-order chi connectivity index (χ1) is 13.1. The van der Waals surface area contributed by atoms with E-state index in [4.69, 9.17) is 15.9 Å². The molecule has 0 saturated heterocycles. The fraction of sp³-hybridized carbons (Fsp3) is 0.333. The van der Waals surface area contributed by atoms with Crippen LogP contribution in [0.25, 0.3) is 0 Å². The minimum Gasteiger partial charge on any atom is -0.474 e. The summed E-state index contributed by atoms with van der Waals surface area (Å²) < 4.78 is 6.03. The summed E-state index contributed by atoms with van der Waals surface area (Å²) in [7, 11) is 1.95. The van der Waals surface area contributed by atoms with Crippen molar-refractivity contribution >= 4 is 17.4 Å². The first-order valence-electron chi connectivity index (χ1n) is 9.28. The highest BCUT2D eigenvalue weighted by atomic mass is 16.5. The highest BCUT2D eigenvalue weighted by molar-refractivity contribution is 6.01. The molecular weight excluding hydrogens is 340 g/mol. The molecule has 0 aromatic heterocycles. The van der Waals surface area contributed by atoms with E-state index in [0.29, 0.717) is 23.4 Å². The van der Waals surface area contributed by atoms with Crippen molar-refractivity contribution < 1.29 is 9.53 Å². The summed E-state index contributed by atoms with van der Waals surface area (Å²) in [5.41, 5.74) is 7.71. The zero-order valence-corrected chi connectivity index (χ0v) is 15.6. The number of hydrogen-bond donors (Lipinski definition) is 3. The van der Waals surface area contributed by atoms with Gasteiger partial charge in [0.2, 0.25) is 6.10 Å². The molecule has 6 nitrogen and oxygen atoms in total. The molecule has 0 saturated carbocycles. The van der Waals surface area contributed by atoms with Crippen LogP contribution < -0.4 is 20.7 Å². The van der Waals surface area contributed by atoms with Gasteiger partial charge < -0.3 is 20.7 Å². The second-order valence-electron chi connectivity index (χ2n) is 6.66. The Balaban J connectivity index is 1.84. The smallest absolute Gasteiger partial charge is 0.272 e. The highest BCUT2D eigenvalue weighted by Gasteiger charge is 2.35. The molecule has 0 fully saturated rings. The number of fused-ring (bicyclic) bond motifs is 1. The van der Waals surface area contributed by atoms with Crippen LogP contribution in [0.4, 0.5) is 5.69 Å². The van der Waals surface area contributed by atoms with E-state index in [-0.39, 0.29) is 11.7 Å². The molecule has 1 unspecified atom stereocenters. The van der Waals surface area contributed by atoms with Crippen molar-refractivity contribution in [3.8, 4) is 5.75 Å². The van der Waals surface area contributed by atoms with Crippen LogP contribution in [0.15, 0.2) is 48.5 Å². The SMILES string of the molecule is CNCCCCCN1C(=O)C(c2cccc(C(=N)N)c2)Oc2ccccc21. The van der Waals surface area contributed by atoms with Gasteiger partial charge in [-0.3, -0.25) is 10.2 Å².